The molecule has 0 bridgehead atoms. The molecule has 1 amide bonds. The molecule has 24 heavy (non-hydrogen) atoms. The van der Waals surface area contributed by atoms with E-state index in [1.54, 1.807) is 0 Å². The van der Waals surface area contributed by atoms with E-state index in [0.717, 1.165) is 32.5 Å². The van der Waals surface area contributed by atoms with E-state index in [9.17, 15) is 4.79 Å². The van der Waals surface area contributed by atoms with Crippen molar-refractivity contribution in [2.24, 2.45) is 0 Å². The summed E-state index contributed by atoms with van der Waals surface area (Å²) in [4.78, 5) is 14.4. The van der Waals surface area contributed by atoms with Crippen molar-refractivity contribution in [3.05, 3.63) is 35.9 Å². The minimum Gasteiger partial charge on any atom is -0.354 e. The Balaban J connectivity index is 2.14. The maximum Gasteiger partial charge on any atom is 0.221 e. The van der Waals surface area contributed by atoms with E-state index in [-0.39, 0.29) is 18.0 Å². The second-order valence-electron chi connectivity index (χ2n) is 6.47. The summed E-state index contributed by atoms with van der Waals surface area (Å²) in [5.41, 5.74) is 1.25. The molecule has 2 atom stereocenters. The lowest BCUT2D eigenvalue weighted by atomic mass is 10.1. The number of nitrogens with one attached hydrogen (secondary N) is 2. The van der Waals surface area contributed by atoms with Gasteiger partial charge >= 0.3 is 0 Å². The molecule has 0 aliphatic heterocycles. The van der Waals surface area contributed by atoms with Crippen LogP contribution in [0.2, 0.25) is 0 Å². The highest BCUT2D eigenvalue weighted by atomic mass is 16.1. The number of carbonyl (C=O) groups is 1. The van der Waals surface area contributed by atoms with Crippen LogP contribution in [-0.2, 0) is 4.79 Å². The first kappa shape index (κ1) is 20.7. The monoisotopic (exact) mass is 333 g/mol. The lowest BCUT2D eigenvalue weighted by Gasteiger charge is -2.20. The summed E-state index contributed by atoms with van der Waals surface area (Å²) in [7, 11) is 0. The van der Waals surface area contributed by atoms with Gasteiger partial charge in [0, 0.05) is 25.0 Å². The van der Waals surface area contributed by atoms with Gasteiger partial charge < -0.3 is 15.5 Å². The molecule has 0 aromatic heterocycles. The fraction of sp³-hybridized carbons (Fsp3) is 0.650. The smallest absolute Gasteiger partial charge is 0.221 e. The normalized spacial score (nSPS) is 13.7. The Hall–Kier alpha value is -1.39. The summed E-state index contributed by atoms with van der Waals surface area (Å²) in [6.07, 6.45) is 2.69. The Labute approximate surface area is 148 Å². The molecule has 1 aromatic rings. The summed E-state index contributed by atoms with van der Waals surface area (Å²) in [6.45, 7) is 12.6. The molecule has 2 N–H and O–H groups in total. The van der Waals surface area contributed by atoms with Crippen molar-refractivity contribution in [3.63, 3.8) is 0 Å². The molecular weight excluding hydrogens is 298 g/mol. The number of hydrogen-bond acceptors (Lipinski definition) is 3. The summed E-state index contributed by atoms with van der Waals surface area (Å²) in [5, 5.41) is 6.51. The lowest BCUT2D eigenvalue weighted by molar-refractivity contribution is -0.121. The van der Waals surface area contributed by atoms with Crippen LogP contribution < -0.4 is 10.6 Å². The van der Waals surface area contributed by atoms with Crippen molar-refractivity contribution in [1.29, 1.82) is 0 Å². The van der Waals surface area contributed by atoms with Gasteiger partial charge in [0.2, 0.25) is 5.91 Å². The van der Waals surface area contributed by atoms with Crippen LogP contribution in [-0.4, -0.2) is 43.0 Å². The van der Waals surface area contributed by atoms with Crippen molar-refractivity contribution in [1.82, 2.24) is 15.5 Å². The highest BCUT2D eigenvalue weighted by Gasteiger charge is 2.09. The van der Waals surface area contributed by atoms with Crippen LogP contribution in [0.1, 0.15) is 58.6 Å². The fourth-order valence-corrected chi connectivity index (χ4v) is 2.84. The number of carbonyl (C=O) groups excluding carboxylic acids is 1. The summed E-state index contributed by atoms with van der Waals surface area (Å²) < 4.78 is 0. The molecule has 0 aliphatic rings. The zero-order valence-corrected chi connectivity index (χ0v) is 15.8. The number of hydrogen-bond donors (Lipinski definition) is 2. The predicted octanol–water partition coefficient (Wildman–Crippen LogP) is 3.35. The highest BCUT2D eigenvalue weighted by Crippen LogP contribution is 2.10. The number of amides is 1. The van der Waals surface area contributed by atoms with Gasteiger partial charge in [-0.25, -0.2) is 0 Å². The van der Waals surface area contributed by atoms with Gasteiger partial charge in [0.1, 0.15) is 0 Å². The standard InChI is InChI=1S/C20H35N3O/c1-5-23(6-2)16-10-11-17(3)22-20(24)14-15-21-18(4)19-12-8-7-9-13-19/h7-9,12-13,17-18,21H,5-6,10-11,14-16H2,1-4H3,(H,22,24)/t17-,18-/m1/s1. The molecular formula is C20H35N3O. The third-order valence-corrected chi connectivity index (χ3v) is 4.52. The SMILES string of the molecule is CCN(CC)CCC[C@@H](C)NC(=O)CCN[C@H](C)c1ccccc1. The van der Waals surface area contributed by atoms with Crippen LogP contribution >= 0.6 is 0 Å². The molecule has 0 unspecified atom stereocenters. The molecule has 0 aliphatic carbocycles. The van der Waals surface area contributed by atoms with Crippen molar-refractivity contribution in [3.8, 4) is 0 Å². The quantitative estimate of drug-likeness (QED) is 0.616. The molecule has 4 nitrogen and oxygen atoms in total. The van der Waals surface area contributed by atoms with E-state index in [1.165, 1.54) is 5.56 Å². The number of rotatable bonds is 12. The Kier molecular flexibility index (Phi) is 10.4. The van der Waals surface area contributed by atoms with Crippen LogP contribution in [0.3, 0.4) is 0 Å². The average Bonchev–Trinajstić information content (AvgIpc) is 2.59. The number of benzene rings is 1. The van der Waals surface area contributed by atoms with E-state index in [1.807, 2.05) is 18.2 Å². The Bertz CT molecular complexity index is 445. The van der Waals surface area contributed by atoms with Gasteiger partial charge in [0.15, 0.2) is 0 Å². The summed E-state index contributed by atoms with van der Waals surface area (Å²) >= 11 is 0. The largest absolute Gasteiger partial charge is 0.354 e. The molecule has 0 spiro atoms. The van der Waals surface area contributed by atoms with Crippen molar-refractivity contribution < 1.29 is 4.79 Å². The van der Waals surface area contributed by atoms with Gasteiger partial charge in [0.25, 0.3) is 0 Å². The topological polar surface area (TPSA) is 44.4 Å². The third kappa shape index (κ3) is 8.46. The molecule has 0 heterocycles. The first-order chi connectivity index (χ1) is 11.6. The molecule has 0 saturated heterocycles. The maximum atomic E-state index is 12.0. The minimum absolute atomic E-state index is 0.137. The Morgan fingerprint density at radius 1 is 1.12 bits per heavy atom. The second-order valence-corrected chi connectivity index (χ2v) is 6.47. The van der Waals surface area contributed by atoms with Crippen LogP contribution in [0.25, 0.3) is 0 Å². The van der Waals surface area contributed by atoms with E-state index in [4.69, 9.17) is 0 Å². The van der Waals surface area contributed by atoms with Gasteiger partial charge in [-0.3, -0.25) is 4.79 Å². The van der Waals surface area contributed by atoms with Crippen LogP contribution in [0.4, 0.5) is 0 Å². The minimum atomic E-state index is 0.137. The molecule has 0 saturated carbocycles. The molecule has 0 fully saturated rings. The van der Waals surface area contributed by atoms with Gasteiger partial charge in [0.05, 0.1) is 0 Å². The van der Waals surface area contributed by atoms with Crippen LogP contribution in [0.15, 0.2) is 30.3 Å². The fourth-order valence-electron chi connectivity index (χ4n) is 2.84. The van der Waals surface area contributed by atoms with E-state index in [2.05, 4.69) is 55.4 Å². The molecule has 0 radical (unpaired) electrons. The van der Waals surface area contributed by atoms with E-state index < -0.39 is 0 Å². The van der Waals surface area contributed by atoms with Crippen molar-refractivity contribution in [2.45, 2.75) is 59.0 Å². The van der Waals surface area contributed by atoms with Gasteiger partial charge in [-0.1, -0.05) is 44.2 Å². The molecule has 4 heteroatoms. The molecule has 136 valence electrons. The summed E-state index contributed by atoms with van der Waals surface area (Å²) in [5.74, 6) is 0.137. The average molecular weight is 334 g/mol. The van der Waals surface area contributed by atoms with Gasteiger partial charge in [-0.05, 0) is 51.9 Å². The first-order valence-corrected chi connectivity index (χ1v) is 9.36. The Morgan fingerprint density at radius 2 is 1.79 bits per heavy atom. The zero-order chi connectivity index (χ0) is 17.8. The Morgan fingerprint density at radius 3 is 2.42 bits per heavy atom. The highest BCUT2D eigenvalue weighted by molar-refractivity contribution is 5.76. The third-order valence-electron chi connectivity index (χ3n) is 4.52. The van der Waals surface area contributed by atoms with Crippen LogP contribution in [0, 0.1) is 0 Å². The lowest BCUT2D eigenvalue weighted by Crippen LogP contribution is -2.35. The number of nitrogens with zero attached hydrogens (tertiary/aromatic N) is 1. The van der Waals surface area contributed by atoms with Crippen LogP contribution in [0.5, 0.6) is 0 Å². The molecule has 1 rings (SSSR count). The van der Waals surface area contributed by atoms with E-state index >= 15 is 0 Å². The van der Waals surface area contributed by atoms with Crippen molar-refractivity contribution >= 4 is 5.91 Å². The predicted molar refractivity (Wildman–Crippen MR) is 102 cm³/mol. The zero-order valence-electron chi connectivity index (χ0n) is 15.8. The summed E-state index contributed by atoms with van der Waals surface area (Å²) in [6, 6.07) is 10.8. The molecule has 1 aromatic carbocycles. The van der Waals surface area contributed by atoms with Gasteiger partial charge in [-0.15, -0.1) is 0 Å². The first-order valence-electron chi connectivity index (χ1n) is 9.36. The van der Waals surface area contributed by atoms with Gasteiger partial charge in [-0.2, -0.15) is 0 Å². The van der Waals surface area contributed by atoms with E-state index in [0.29, 0.717) is 13.0 Å². The maximum absolute atomic E-state index is 12.0. The second kappa shape index (κ2) is 12.0. The van der Waals surface area contributed by atoms with Crippen molar-refractivity contribution in [2.75, 3.05) is 26.2 Å².